The van der Waals surface area contributed by atoms with Gasteiger partial charge in [0.1, 0.15) is 0 Å². The molecule has 1 atom stereocenters. The molecule has 0 aromatic carbocycles. The van der Waals surface area contributed by atoms with Crippen molar-refractivity contribution in [3.63, 3.8) is 0 Å². The smallest absolute Gasteiger partial charge is 0.382 e. The van der Waals surface area contributed by atoms with E-state index in [1.807, 2.05) is 6.92 Å². The van der Waals surface area contributed by atoms with Crippen molar-refractivity contribution < 1.29 is 22.6 Å². The van der Waals surface area contributed by atoms with Gasteiger partial charge in [0.25, 0.3) is 0 Å². The van der Waals surface area contributed by atoms with Crippen molar-refractivity contribution in [2.45, 2.75) is 39.0 Å². The van der Waals surface area contributed by atoms with E-state index in [2.05, 4.69) is 5.32 Å². The molecule has 3 nitrogen and oxygen atoms in total. The highest BCUT2D eigenvalue weighted by Gasteiger charge is 2.26. The first-order chi connectivity index (χ1) is 7.95. The van der Waals surface area contributed by atoms with Crippen molar-refractivity contribution in [2.24, 2.45) is 0 Å². The Kier molecular flexibility index (Phi) is 9.49. The van der Waals surface area contributed by atoms with Gasteiger partial charge in [0.2, 0.25) is 0 Å². The lowest BCUT2D eigenvalue weighted by Gasteiger charge is -2.14. The lowest BCUT2D eigenvalue weighted by Crippen LogP contribution is -2.29. The van der Waals surface area contributed by atoms with E-state index in [9.17, 15) is 13.2 Å². The molecule has 0 aromatic heterocycles. The summed E-state index contributed by atoms with van der Waals surface area (Å²) in [6.45, 7) is 6.17. The zero-order chi connectivity index (χ0) is 13.1. The molecule has 0 fully saturated rings. The molecule has 0 saturated carbocycles. The number of nitrogens with one attached hydrogen (secondary N) is 1. The van der Waals surface area contributed by atoms with Gasteiger partial charge < -0.3 is 14.8 Å². The quantitative estimate of drug-likeness (QED) is 0.609. The molecule has 0 spiro atoms. The van der Waals surface area contributed by atoms with Crippen LogP contribution in [0.4, 0.5) is 13.2 Å². The van der Waals surface area contributed by atoms with Crippen LogP contribution in [0.1, 0.15) is 26.7 Å². The van der Waals surface area contributed by atoms with Gasteiger partial charge in [0.15, 0.2) is 0 Å². The highest BCUT2D eigenvalue weighted by atomic mass is 19.4. The van der Waals surface area contributed by atoms with Crippen molar-refractivity contribution in [1.82, 2.24) is 5.32 Å². The summed E-state index contributed by atoms with van der Waals surface area (Å²) >= 11 is 0. The van der Waals surface area contributed by atoms with E-state index in [0.717, 1.165) is 13.0 Å². The first-order valence-corrected chi connectivity index (χ1v) is 5.92. The molecule has 17 heavy (non-hydrogen) atoms. The highest BCUT2D eigenvalue weighted by molar-refractivity contribution is 4.57. The standard InChI is InChI=1S/C11H22F3NO2/c1-3-16-7-4-6-15-9-10(2)17-8-5-11(12,13)14/h10,15H,3-9H2,1-2H3. The molecule has 104 valence electrons. The maximum Gasteiger partial charge on any atom is 0.391 e. The zero-order valence-corrected chi connectivity index (χ0v) is 10.5. The van der Waals surface area contributed by atoms with Crippen molar-refractivity contribution >= 4 is 0 Å². The summed E-state index contributed by atoms with van der Waals surface area (Å²) in [5, 5.41) is 3.11. The average molecular weight is 257 g/mol. The molecular weight excluding hydrogens is 235 g/mol. The van der Waals surface area contributed by atoms with E-state index >= 15 is 0 Å². The summed E-state index contributed by atoms with van der Waals surface area (Å²) in [6, 6.07) is 0. The van der Waals surface area contributed by atoms with Gasteiger partial charge in [-0.2, -0.15) is 13.2 Å². The van der Waals surface area contributed by atoms with E-state index in [0.29, 0.717) is 19.8 Å². The molecule has 0 heterocycles. The van der Waals surface area contributed by atoms with Crippen molar-refractivity contribution in [1.29, 1.82) is 0 Å². The third kappa shape index (κ3) is 13.6. The fraction of sp³-hybridized carbons (Fsp3) is 1.00. The molecule has 0 rings (SSSR count). The maximum atomic E-state index is 11.8. The normalized spacial score (nSPS) is 13.9. The Morgan fingerprint density at radius 1 is 1.24 bits per heavy atom. The third-order valence-corrected chi connectivity index (χ3v) is 2.07. The summed E-state index contributed by atoms with van der Waals surface area (Å²) in [4.78, 5) is 0. The number of alkyl halides is 3. The van der Waals surface area contributed by atoms with Crippen LogP contribution in [0.5, 0.6) is 0 Å². The summed E-state index contributed by atoms with van der Waals surface area (Å²) in [5.41, 5.74) is 0. The zero-order valence-electron chi connectivity index (χ0n) is 10.5. The Bertz CT molecular complexity index is 177. The van der Waals surface area contributed by atoms with Crippen LogP contribution >= 0.6 is 0 Å². The van der Waals surface area contributed by atoms with Gasteiger partial charge in [-0.1, -0.05) is 0 Å². The summed E-state index contributed by atoms with van der Waals surface area (Å²) in [6.07, 6.45) is -4.33. The third-order valence-electron chi connectivity index (χ3n) is 2.07. The predicted molar refractivity (Wildman–Crippen MR) is 60.1 cm³/mol. The molecule has 0 radical (unpaired) electrons. The van der Waals surface area contributed by atoms with Crippen LogP contribution in [-0.4, -0.2) is 45.2 Å². The van der Waals surface area contributed by atoms with Gasteiger partial charge in [0, 0.05) is 19.8 Å². The lowest BCUT2D eigenvalue weighted by atomic mass is 10.3. The van der Waals surface area contributed by atoms with E-state index in [1.54, 1.807) is 6.92 Å². The highest BCUT2D eigenvalue weighted by Crippen LogP contribution is 2.19. The number of hydrogen-bond acceptors (Lipinski definition) is 3. The van der Waals surface area contributed by atoms with Crippen LogP contribution in [0.25, 0.3) is 0 Å². The molecule has 0 aliphatic heterocycles. The molecule has 1 unspecified atom stereocenters. The molecule has 0 saturated heterocycles. The van der Waals surface area contributed by atoms with Crippen molar-refractivity contribution in [2.75, 3.05) is 32.9 Å². The van der Waals surface area contributed by atoms with Gasteiger partial charge in [-0.3, -0.25) is 0 Å². The Labute approximate surface area is 101 Å². The Morgan fingerprint density at radius 3 is 2.53 bits per heavy atom. The van der Waals surface area contributed by atoms with Crippen LogP contribution in [0.2, 0.25) is 0 Å². The topological polar surface area (TPSA) is 30.5 Å². The second-order valence-electron chi connectivity index (χ2n) is 3.80. The predicted octanol–water partition coefficient (Wildman–Crippen LogP) is 2.36. The Balaban J connectivity index is 3.26. The minimum Gasteiger partial charge on any atom is -0.382 e. The van der Waals surface area contributed by atoms with Crippen LogP contribution in [-0.2, 0) is 9.47 Å². The average Bonchev–Trinajstić information content (AvgIpc) is 2.21. The van der Waals surface area contributed by atoms with Crippen LogP contribution in [0.15, 0.2) is 0 Å². The summed E-state index contributed by atoms with van der Waals surface area (Å²) < 4.78 is 45.6. The first kappa shape index (κ1) is 16.7. The van der Waals surface area contributed by atoms with Crippen molar-refractivity contribution in [3.8, 4) is 0 Å². The number of rotatable bonds is 10. The van der Waals surface area contributed by atoms with E-state index < -0.39 is 12.6 Å². The minimum atomic E-state index is -4.13. The van der Waals surface area contributed by atoms with E-state index in [-0.39, 0.29) is 12.7 Å². The van der Waals surface area contributed by atoms with Gasteiger partial charge in [-0.25, -0.2) is 0 Å². The molecule has 0 amide bonds. The maximum absolute atomic E-state index is 11.8. The fourth-order valence-electron chi connectivity index (χ4n) is 1.18. The van der Waals surface area contributed by atoms with Gasteiger partial charge in [-0.05, 0) is 26.8 Å². The van der Waals surface area contributed by atoms with Crippen LogP contribution < -0.4 is 5.32 Å². The van der Waals surface area contributed by atoms with Crippen molar-refractivity contribution in [3.05, 3.63) is 0 Å². The minimum absolute atomic E-state index is 0.204. The monoisotopic (exact) mass is 257 g/mol. The number of hydrogen-bond donors (Lipinski definition) is 1. The molecule has 1 N–H and O–H groups in total. The molecule has 0 aliphatic carbocycles. The molecule has 0 aromatic rings. The molecular formula is C11H22F3NO2. The van der Waals surface area contributed by atoms with Crippen LogP contribution in [0.3, 0.4) is 0 Å². The number of halogens is 3. The van der Waals surface area contributed by atoms with E-state index in [1.165, 1.54) is 0 Å². The second-order valence-corrected chi connectivity index (χ2v) is 3.80. The van der Waals surface area contributed by atoms with Gasteiger partial charge in [0.05, 0.1) is 19.1 Å². The molecule has 0 aliphatic rings. The first-order valence-electron chi connectivity index (χ1n) is 5.92. The Hall–Kier alpha value is -0.330. The Morgan fingerprint density at radius 2 is 1.94 bits per heavy atom. The number of ether oxygens (including phenoxy) is 2. The van der Waals surface area contributed by atoms with Crippen LogP contribution in [0, 0.1) is 0 Å². The largest absolute Gasteiger partial charge is 0.391 e. The summed E-state index contributed by atoms with van der Waals surface area (Å²) in [5.74, 6) is 0. The molecule has 6 heteroatoms. The SMILES string of the molecule is CCOCCCNCC(C)OCCC(F)(F)F. The molecule has 0 bridgehead atoms. The second kappa shape index (κ2) is 9.67. The fourth-order valence-corrected chi connectivity index (χ4v) is 1.18. The van der Waals surface area contributed by atoms with Gasteiger partial charge >= 0.3 is 6.18 Å². The van der Waals surface area contributed by atoms with Gasteiger partial charge in [-0.15, -0.1) is 0 Å². The lowest BCUT2D eigenvalue weighted by molar-refractivity contribution is -0.148. The summed E-state index contributed by atoms with van der Waals surface area (Å²) in [7, 11) is 0. The van der Waals surface area contributed by atoms with E-state index in [4.69, 9.17) is 9.47 Å².